The van der Waals surface area contributed by atoms with Crippen LogP contribution in [0.5, 0.6) is 0 Å². The van der Waals surface area contributed by atoms with Crippen LogP contribution in [0.3, 0.4) is 0 Å². The molecule has 4 nitrogen and oxygen atoms in total. The highest BCUT2D eigenvalue weighted by Gasteiger charge is 2.45. The van der Waals surface area contributed by atoms with Gasteiger partial charge in [-0.15, -0.1) is 0 Å². The molecule has 0 aromatic heterocycles. The van der Waals surface area contributed by atoms with E-state index in [2.05, 4.69) is 4.52 Å². The van der Waals surface area contributed by atoms with Gasteiger partial charge in [-0.05, 0) is 0 Å². The van der Waals surface area contributed by atoms with Crippen LogP contribution in [0.1, 0.15) is 0 Å². The van der Waals surface area contributed by atoms with Crippen molar-refractivity contribution in [2.45, 2.75) is 9.64 Å². The van der Waals surface area contributed by atoms with Gasteiger partial charge in [-0.25, -0.2) is 0 Å². The lowest BCUT2D eigenvalue weighted by molar-refractivity contribution is 0.191. The molecule has 0 aromatic rings. The van der Waals surface area contributed by atoms with Gasteiger partial charge in [0, 0.05) is 7.11 Å². The van der Waals surface area contributed by atoms with Gasteiger partial charge in [-0.2, -0.15) is 0 Å². The molecule has 2 N–H and O–H groups in total. The normalized spacial score (nSPS) is 20.9. The van der Waals surface area contributed by atoms with Crippen molar-refractivity contribution >= 4 is 42.4 Å². The van der Waals surface area contributed by atoms with Crippen molar-refractivity contribution in [2.75, 3.05) is 7.11 Å². The summed E-state index contributed by atoms with van der Waals surface area (Å²) >= 11 is 15.3. The standard InChI is InChI=1S/C3H6Cl3O4P/c1-10-11(8,9)2(7)3(4,5)6/h2,7H,1H3,(H,8,9)/t2-/m1/s1. The number of halogens is 3. The maximum Gasteiger partial charge on any atom is 0.360 e. The van der Waals surface area contributed by atoms with E-state index in [4.69, 9.17) is 44.8 Å². The lowest BCUT2D eigenvalue weighted by Crippen LogP contribution is -2.25. The largest absolute Gasteiger partial charge is 0.377 e. The Morgan fingerprint density at radius 3 is 2.00 bits per heavy atom. The third kappa shape index (κ3) is 3.47. The summed E-state index contributed by atoms with van der Waals surface area (Å²) in [4.78, 5) is 8.76. The van der Waals surface area contributed by atoms with Crippen molar-refractivity contribution in [1.82, 2.24) is 0 Å². The van der Waals surface area contributed by atoms with Gasteiger partial charge >= 0.3 is 7.60 Å². The van der Waals surface area contributed by atoms with Crippen LogP contribution in [0, 0.1) is 0 Å². The molecule has 0 aliphatic heterocycles. The Morgan fingerprint density at radius 2 is 1.91 bits per heavy atom. The highest BCUT2D eigenvalue weighted by Crippen LogP contribution is 2.54. The average molecular weight is 243 g/mol. The highest BCUT2D eigenvalue weighted by atomic mass is 35.6. The SMILES string of the molecule is COP(=O)(O)[C@@H](O)C(Cl)(Cl)Cl. The summed E-state index contributed by atoms with van der Waals surface area (Å²) in [6.07, 6.45) is 0. The van der Waals surface area contributed by atoms with Crippen molar-refractivity contribution in [2.24, 2.45) is 0 Å². The van der Waals surface area contributed by atoms with Gasteiger partial charge in [0.25, 0.3) is 0 Å². The second-order valence-corrected chi connectivity index (χ2v) is 6.01. The van der Waals surface area contributed by atoms with E-state index in [0.29, 0.717) is 0 Å². The van der Waals surface area contributed by atoms with Gasteiger partial charge in [-0.1, -0.05) is 34.8 Å². The molecule has 1 unspecified atom stereocenters. The van der Waals surface area contributed by atoms with E-state index in [1.807, 2.05) is 0 Å². The molecule has 8 heteroatoms. The smallest absolute Gasteiger partial charge is 0.360 e. The zero-order chi connectivity index (χ0) is 9.28. The van der Waals surface area contributed by atoms with Crippen LogP contribution in [0.4, 0.5) is 0 Å². The molecule has 0 aliphatic rings. The molecule has 0 heterocycles. The molecule has 68 valence electrons. The van der Waals surface area contributed by atoms with Gasteiger partial charge in [0.15, 0.2) is 0 Å². The van der Waals surface area contributed by atoms with Crippen molar-refractivity contribution in [3.05, 3.63) is 0 Å². The van der Waals surface area contributed by atoms with E-state index in [9.17, 15) is 4.57 Å². The van der Waals surface area contributed by atoms with Crippen molar-refractivity contribution < 1.29 is 19.1 Å². The molecule has 0 fully saturated rings. The second kappa shape index (κ2) is 3.79. The quantitative estimate of drug-likeness (QED) is 0.570. The minimum Gasteiger partial charge on any atom is -0.377 e. The van der Waals surface area contributed by atoms with E-state index in [0.717, 1.165) is 7.11 Å². The molecule has 0 saturated carbocycles. The second-order valence-electron chi connectivity index (χ2n) is 1.66. The van der Waals surface area contributed by atoms with Crippen molar-refractivity contribution in [3.8, 4) is 0 Å². The molecule has 0 aromatic carbocycles. The summed E-state index contributed by atoms with van der Waals surface area (Å²) in [7, 11) is -3.30. The van der Waals surface area contributed by atoms with Gasteiger partial charge in [0.2, 0.25) is 9.64 Å². The Kier molecular flexibility index (Phi) is 4.13. The minimum atomic E-state index is -4.23. The lowest BCUT2D eigenvalue weighted by Gasteiger charge is -2.21. The van der Waals surface area contributed by atoms with Crippen LogP contribution < -0.4 is 0 Å². The lowest BCUT2D eigenvalue weighted by atomic mass is 10.8. The number of hydrogen-bond acceptors (Lipinski definition) is 3. The summed E-state index contributed by atoms with van der Waals surface area (Å²) in [6, 6.07) is 0. The first-order valence-electron chi connectivity index (χ1n) is 2.35. The first-order valence-corrected chi connectivity index (χ1v) is 5.13. The van der Waals surface area contributed by atoms with Crippen molar-refractivity contribution in [3.63, 3.8) is 0 Å². The van der Waals surface area contributed by atoms with E-state index < -0.39 is 17.2 Å². The van der Waals surface area contributed by atoms with Crippen LogP contribution >= 0.6 is 42.4 Å². The zero-order valence-corrected chi connectivity index (χ0v) is 8.53. The molecule has 0 radical (unpaired) electrons. The molecule has 0 bridgehead atoms. The fraction of sp³-hybridized carbons (Fsp3) is 1.00. The molecule has 0 amide bonds. The highest BCUT2D eigenvalue weighted by molar-refractivity contribution is 7.53. The molecular weight excluding hydrogens is 237 g/mol. The summed E-state index contributed by atoms with van der Waals surface area (Å²) in [6.45, 7) is 0. The maximum atomic E-state index is 10.8. The number of aliphatic hydroxyl groups is 1. The van der Waals surface area contributed by atoms with Gasteiger partial charge in [0.1, 0.15) is 0 Å². The summed E-state index contributed by atoms with van der Waals surface area (Å²) in [5.74, 6) is -2.04. The Balaban J connectivity index is 4.49. The number of aliphatic hydroxyl groups excluding tert-OH is 1. The molecule has 11 heavy (non-hydrogen) atoms. The topological polar surface area (TPSA) is 66.8 Å². The van der Waals surface area contributed by atoms with Gasteiger partial charge in [-0.3, -0.25) is 4.57 Å². The van der Waals surface area contributed by atoms with E-state index >= 15 is 0 Å². The van der Waals surface area contributed by atoms with Crippen LogP contribution in [0.15, 0.2) is 0 Å². The summed E-state index contributed by atoms with van der Waals surface area (Å²) in [5, 5.41) is 8.88. The fourth-order valence-corrected chi connectivity index (χ4v) is 1.96. The number of rotatable bonds is 2. The van der Waals surface area contributed by atoms with Gasteiger partial charge < -0.3 is 14.5 Å². The first kappa shape index (κ1) is 12.0. The predicted molar refractivity (Wildman–Crippen MR) is 43.1 cm³/mol. The molecule has 0 spiro atoms. The van der Waals surface area contributed by atoms with Crippen LogP contribution in [0.2, 0.25) is 0 Å². The van der Waals surface area contributed by atoms with Crippen molar-refractivity contribution in [1.29, 1.82) is 0 Å². The Morgan fingerprint density at radius 1 is 1.55 bits per heavy atom. The Hall–Kier alpha value is 0.980. The third-order valence-corrected chi connectivity index (χ3v) is 3.47. The molecule has 0 rings (SSSR count). The minimum absolute atomic E-state index is 0.931. The average Bonchev–Trinajstić information content (AvgIpc) is 1.84. The van der Waals surface area contributed by atoms with Crippen LogP contribution in [0.25, 0.3) is 0 Å². The zero-order valence-electron chi connectivity index (χ0n) is 5.37. The third-order valence-electron chi connectivity index (χ3n) is 0.863. The Bertz CT molecular complexity index is 178. The van der Waals surface area contributed by atoms with Crippen LogP contribution in [-0.4, -0.2) is 26.7 Å². The molecule has 0 aliphatic carbocycles. The summed E-state index contributed by atoms with van der Waals surface area (Å²) < 4.78 is 12.6. The van der Waals surface area contributed by atoms with E-state index in [1.54, 1.807) is 0 Å². The van der Waals surface area contributed by atoms with E-state index in [-0.39, 0.29) is 0 Å². The summed E-state index contributed by atoms with van der Waals surface area (Å²) in [5.41, 5.74) is 0. The molecule has 0 saturated heterocycles. The first-order chi connectivity index (χ1) is 4.72. The Labute approximate surface area is 78.5 Å². The predicted octanol–water partition coefficient (Wildman–Crippen LogP) is 1.51. The monoisotopic (exact) mass is 242 g/mol. The molecule has 2 atom stereocenters. The van der Waals surface area contributed by atoms with E-state index in [1.165, 1.54) is 0 Å². The van der Waals surface area contributed by atoms with Crippen LogP contribution in [-0.2, 0) is 9.09 Å². The maximum absolute atomic E-state index is 10.8. The molecular formula is C3H6Cl3O4P. The fourth-order valence-electron chi connectivity index (χ4n) is 0.285. The van der Waals surface area contributed by atoms with Gasteiger partial charge in [0.05, 0.1) is 0 Å². The number of hydrogen-bond donors (Lipinski definition) is 2. The number of alkyl halides is 3.